The number of likely N-dealkylation sites (tertiary alicyclic amines) is 1. The van der Waals surface area contributed by atoms with Crippen LogP contribution in [-0.4, -0.2) is 30.4 Å². The first-order valence-electron chi connectivity index (χ1n) is 8.29. The Hall–Kier alpha value is -2.07. The molecule has 3 rings (SSSR count). The number of carbonyl (C=O) groups is 1. The van der Waals surface area contributed by atoms with Crippen LogP contribution >= 0.6 is 0 Å². The van der Waals surface area contributed by atoms with Crippen molar-refractivity contribution in [2.45, 2.75) is 32.7 Å². The first kappa shape index (κ1) is 15.8. The zero-order valence-corrected chi connectivity index (χ0v) is 13.8. The van der Waals surface area contributed by atoms with Crippen molar-refractivity contribution < 1.29 is 9.21 Å². The van der Waals surface area contributed by atoms with Gasteiger partial charge < -0.3 is 9.73 Å². The second-order valence-electron chi connectivity index (χ2n) is 6.29. The van der Waals surface area contributed by atoms with E-state index < -0.39 is 0 Å². The molecule has 0 saturated carbocycles. The maximum absolute atomic E-state index is 12.4. The van der Waals surface area contributed by atoms with E-state index in [1.54, 1.807) is 0 Å². The number of benzene rings is 1. The summed E-state index contributed by atoms with van der Waals surface area (Å²) in [6.45, 7) is 6.64. The molecular weight excluding hydrogens is 288 g/mol. The molecule has 4 heteroatoms. The van der Waals surface area contributed by atoms with E-state index in [-0.39, 0.29) is 11.9 Å². The fraction of sp³-hybridized carbons (Fsp3) is 0.421. The maximum atomic E-state index is 12.4. The lowest BCUT2D eigenvalue weighted by atomic mass is 10.1. The minimum absolute atomic E-state index is 0.0267. The second kappa shape index (κ2) is 7.01. The van der Waals surface area contributed by atoms with Gasteiger partial charge in [0.1, 0.15) is 11.5 Å². The van der Waals surface area contributed by atoms with Crippen molar-refractivity contribution in [1.29, 1.82) is 0 Å². The van der Waals surface area contributed by atoms with Gasteiger partial charge in [-0.05, 0) is 64.0 Å². The molecule has 1 N–H and O–H groups in total. The molecule has 2 heterocycles. The first-order chi connectivity index (χ1) is 11.1. The van der Waals surface area contributed by atoms with Gasteiger partial charge in [-0.3, -0.25) is 9.69 Å². The average molecular weight is 312 g/mol. The Morgan fingerprint density at radius 3 is 2.65 bits per heavy atom. The number of carbonyl (C=O) groups excluding carboxylic acids is 1. The van der Waals surface area contributed by atoms with E-state index in [1.165, 1.54) is 12.8 Å². The second-order valence-corrected chi connectivity index (χ2v) is 6.29. The summed E-state index contributed by atoms with van der Waals surface area (Å²) in [5.74, 6) is 1.82. The van der Waals surface area contributed by atoms with Crippen molar-refractivity contribution in [3.8, 4) is 0 Å². The molecule has 1 aliphatic rings. The molecule has 1 amide bonds. The average Bonchev–Trinajstić information content (AvgIpc) is 3.20. The molecule has 1 aliphatic heterocycles. The van der Waals surface area contributed by atoms with Crippen LogP contribution in [0.2, 0.25) is 0 Å². The van der Waals surface area contributed by atoms with E-state index in [0.717, 1.165) is 30.2 Å². The van der Waals surface area contributed by atoms with E-state index in [4.69, 9.17) is 4.42 Å². The van der Waals surface area contributed by atoms with Crippen LogP contribution in [0, 0.1) is 13.8 Å². The predicted octanol–water partition coefficient (Wildman–Crippen LogP) is 3.46. The number of nitrogens with one attached hydrogen (secondary N) is 1. The lowest BCUT2D eigenvalue weighted by molar-refractivity contribution is 0.0933. The van der Waals surface area contributed by atoms with Crippen molar-refractivity contribution in [2.75, 3.05) is 19.6 Å². The molecule has 122 valence electrons. The highest BCUT2D eigenvalue weighted by molar-refractivity contribution is 5.94. The van der Waals surface area contributed by atoms with Gasteiger partial charge in [0.15, 0.2) is 0 Å². The maximum Gasteiger partial charge on any atom is 0.251 e. The zero-order chi connectivity index (χ0) is 16.2. The van der Waals surface area contributed by atoms with Gasteiger partial charge in [0.2, 0.25) is 0 Å². The highest BCUT2D eigenvalue weighted by Gasteiger charge is 2.26. The lowest BCUT2D eigenvalue weighted by Gasteiger charge is -2.26. The molecule has 1 fully saturated rings. The topological polar surface area (TPSA) is 45.5 Å². The van der Waals surface area contributed by atoms with Crippen LogP contribution in [-0.2, 0) is 0 Å². The van der Waals surface area contributed by atoms with Gasteiger partial charge in [-0.2, -0.15) is 0 Å². The predicted molar refractivity (Wildman–Crippen MR) is 90.5 cm³/mol. The van der Waals surface area contributed by atoms with Gasteiger partial charge in [0.25, 0.3) is 5.91 Å². The minimum atomic E-state index is -0.0267. The molecule has 1 aromatic carbocycles. The fourth-order valence-corrected chi connectivity index (χ4v) is 3.17. The summed E-state index contributed by atoms with van der Waals surface area (Å²) in [5, 5.41) is 3.07. The third-order valence-corrected chi connectivity index (χ3v) is 4.41. The smallest absolute Gasteiger partial charge is 0.251 e. The molecule has 1 aromatic heterocycles. The first-order valence-corrected chi connectivity index (χ1v) is 8.29. The standard InChI is InChI=1S/C19H24N2O2/c1-14-6-5-7-16(12-14)19(22)20-13-17(21-10-3-4-11-21)18-9-8-15(2)23-18/h5-9,12,17H,3-4,10-11,13H2,1-2H3,(H,20,22)/t17-/m1/s1. The van der Waals surface area contributed by atoms with E-state index in [2.05, 4.69) is 10.2 Å². The van der Waals surface area contributed by atoms with Crippen LogP contribution in [0.4, 0.5) is 0 Å². The Kier molecular flexibility index (Phi) is 4.82. The summed E-state index contributed by atoms with van der Waals surface area (Å²) in [4.78, 5) is 14.8. The SMILES string of the molecule is Cc1cccc(C(=O)NC[C@H](c2ccc(C)o2)N2CCCC2)c1. The van der Waals surface area contributed by atoms with Gasteiger partial charge in [-0.15, -0.1) is 0 Å². The van der Waals surface area contributed by atoms with Crippen molar-refractivity contribution in [1.82, 2.24) is 10.2 Å². The normalized spacial score (nSPS) is 16.4. The molecule has 0 spiro atoms. The molecular formula is C19H24N2O2. The fourth-order valence-electron chi connectivity index (χ4n) is 3.17. The van der Waals surface area contributed by atoms with Crippen LogP contribution in [0.5, 0.6) is 0 Å². The molecule has 0 unspecified atom stereocenters. The van der Waals surface area contributed by atoms with Crippen molar-refractivity contribution in [3.63, 3.8) is 0 Å². The zero-order valence-electron chi connectivity index (χ0n) is 13.8. The quantitative estimate of drug-likeness (QED) is 0.919. The summed E-state index contributed by atoms with van der Waals surface area (Å²) in [5.41, 5.74) is 1.80. The summed E-state index contributed by atoms with van der Waals surface area (Å²) < 4.78 is 5.82. The summed E-state index contributed by atoms with van der Waals surface area (Å²) in [7, 11) is 0. The van der Waals surface area contributed by atoms with Gasteiger partial charge >= 0.3 is 0 Å². The molecule has 0 radical (unpaired) electrons. The molecule has 23 heavy (non-hydrogen) atoms. The van der Waals surface area contributed by atoms with Crippen LogP contribution in [0.1, 0.15) is 46.3 Å². The third kappa shape index (κ3) is 3.82. The van der Waals surface area contributed by atoms with Gasteiger partial charge in [0, 0.05) is 12.1 Å². The van der Waals surface area contributed by atoms with Gasteiger partial charge in [-0.25, -0.2) is 0 Å². The highest BCUT2D eigenvalue weighted by atomic mass is 16.3. The summed E-state index contributed by atoms with van der Waals surface area (Å²) >= 11 is 0. The van der Waals surface area contributed by atoms with Gasteiger partial charge in [0.05, 0.1) is 6.04 Å². The van der Waals surface area contributed by atoms with Crippen LogP contribution in [0.25, 0.3) is 0 Å². The van der Waals surface area contributed by atoms with E-state index in [9.17, 15) is 4.79 Å². The largest absolute Gasteiger partial charge is 0.465 e. The molecule has 0 aliphatic carbocycles. The summed E-state index contributed by atoms with van der Waals surface area (Å²) in [6, 6.07) is 11.8. The minimum Gasteiger partial charge on any atom is -0.465 e. The van der Waals surface area contributed by atoms with Crippen LogP contribution < -0.4 is 5.32 Å². The van der Waals surface area contributed by atoms with E-state index >= 15 is 0 Å². The number of nitrogens with zero attached hydrogens (tertiary/aromatic N) is 1. The number of rotatable bonds is 5. The Morgan fingerprint density at radius 1 is 1.22 bits per heavy atom. The molecule has 4 nitrogen and oxygen atoms in total. The Balaban J connectivity index is 1.70. The lowest BCUT2D eigenvalue weighted by Crippen LogP contribution is -2.36. The molecule has 0 bridgehead atoms. The summed E-state index contributed by atoms with van der Waals surface area (Å²) in [6.07, 6.45) is 2.42. The number of hydrogen-bond donors (Lipinski definition) is 1. The number of aryl methyl sites for hydroxylation is 2. The Bertz CT molecular complexity index is 672. The number of amides is 1. The van der Waals surface area contributed by atoms with E-state index in [1.807, 2.05) is 50.2 Å². The molecule has 2 aromatic rings. The van der Waals surface area contributed by atoms with Crippen molar-refractivity contribution >= 4 is 5.91 Å². The monoisotopic (exact) mass is 312 g/mol. The Morgan fingerprint density at radius 2 is 2.00 bits per heavy atom. The van der Waals surface area contributed by atoms with Crippen LogP contribution in [0.15, 0.2) is 40.8 Å². The molecule has 1 atom stereocenters. The van der Waals surface area contributed by atoms with Crippen LogP contribution in [0.3, 0.4) is 0 Å². The Labute approximate surface area is 137 Å². The highest BCUT2D eigenvalue weighted by Crippen LogP contribution is 2.26. The van der Waals surface area contributed by atoms with Gasteiger partial charge in [-0.1, -0.05) is 17.7 Å². The molecule has 1 saturated heterocycles. The third-order valence-electron chi connectivity index (χ3n) is 4.41. The van der Waals surface area contributed by atoms with E-state index in [0.29, 0.717) is 12.1 Å². The number of hydrogen-bond acceptors (Lipinski definition) is 3. The number of furan rings is 1. The van der Waals surface area contributed by atoms with Crippen molar-refractivity contribution in [2.24, 2.45) is 0 Å². The van der Waals surface area contributed by atoms with Crippen molar-refractivity contribution in [3.05, 3.63) is 59.0 Å².